The molecule has 0 amide bonds. The minimum atomic E-state index is -3.00. The second-order valence-electron chi connectivity index (χ2n) is 8.51. The molecule has 1 saturated heterocycles. The molecule has 2 aromatic carbocycles. The number of fused-ring (bicyclic) bond motifs is 2. The van der Waals surface area contributed by atoms with Crippen LogP contribution in [0.25, 0.3) is 21.8 Å². The van der Waals surface area contributed by atoms with Crippen molar-refractivity contribution in [3.8, 4) is 5.75 Å². The molecule has 2 atom stereocenters. The number of nitrogens with one attached hydrogen (secondary N) is 3. The van der Waals surface area contributed by atoms with E-state index in [0.29, 0.717) is 22.0 Å². The van der Waals surface area contributed by atoms with E-state index >= 15 is 0 Å². The number of nitrogens with zero attached hydrogens (tertiary/aromatic N) is 4. The Morgan fingerprint density at radius 3 is 2.64 bits per heavy atom. The molecular formula is C22H24F3N7O. The van der Waals surface area contributed by atoms with Crippen molar-refractivity contribution in [1.82, 2.24) is 25.3 Å². The van der Waals surface area contributed by atoms with Gasteiger partial charge in [-0.15, -0.1) is 0 Å². The van der Waals surface area contributed by atoms with Gasteiger partial charge < -0.3 is 20.3 Å². The summed E-state index contributed by atoms with van der Waals surface area (Å²) in [5.41, 5.74) is 1.96. The summed E-state index contributed by atoms with van der Waals surface area (Å²) in [4.78, 5) is 2.13. The molecule has 0 bridgehead atoms. The number of ether oxygens (including phenoxy) is 1. The lowest BCUT2D eigenvalue weighted by molar-refractivity contribution is -0.0487. The van der Waals surface area contributed by atoms with Crippen molar-refractivity contribution in [2.75, 3.05) is 23.3 Å². The third-order valence-corrected chi connectivity index (χ3v) is 5.69. The van der Waals surface area contributed by atoms with Crippen molar-refractivity contribution in [1.29, 1.82) is 0 Å². The van der Waals surface area contributed by atoms with Gasteiger partial charge in [0.05, 0.1) is 10.9 Å². The molecule has 0 aliphatic carbocycles. The average Bonchev–Trinajstić information content (AvgIpc) is 3.30. The van der Waals surface area contributed by atoms with Crippen LogP contribution >= 0.6 is 0 Å². The lowest BCUT2D eigenvalue weighted by Gasteiger charge is -2.37. The van der Waals surface area contributed by atoms with Gasteiger partial charge in [-0.1, -0.05) is 0 Å². The van der Waals surface area contributed by atoms with E-state index in [-0.39, 0.29) is 29.2 Å². The van der Waals surface area contributed by atoms with Crippen LogP contribution in [0.4, 0.5) is 30.4 Å². The van der Waals surface area contributed by atoms with Gasteiger partial charge in [-0.2, -0.15) is 19.0 Å². The number of anilines is 3. The zero-order valence-corrected chi connectivity index (χ0v) is 18.4. The van der Waals surface area contributed by atoms with Gasteiger partial charge in [0.1, 0.15) is 11.3 Å². The molecule has 5 rings (SSSR count). The molecule has 4 aromatic rings. The van der Waals surface area contributed by atoms with Gasteiger partial charge in [-0.05, 0) is 32.0 Å². The van der Waals surface area contributed by atoms with Crippen molar-refractivity contribution < 1.29 is 17.9 Å². The number of halogens is 3. The summed E-state index contributed by atoms with van der Waals surface area (Å²) in [6.45, 7) is 2.61. The zero-order chi connectivity index (χ0) is 23.3. The number of benzene rings is 2. The van der Waals surface area contributed by atoms with Crippen molar-refractivity contribution in [3.63, 3.8) is 0 Å². The topological polar surface area (TPSA) is 83.0 Å². The average molecular weight is 459 g/mol. The van der Waals surface area contributed by atoms with E-state index in [1.54, 1.807) is 25.4 Å². The zero-order valence-electron chi connectivity index (χ0n) is 18.4. The molecule has 174 valence electrons. The minimum Gasteiger partial charge on any atom is -0.434 e. The lowest BCUT2D eigenvalue weighted by Crippen LogP contribution is -2.54. The SMILES string of the molecule is C[C@@H]1CN(c2cc(OC(F)F)c3c(Nc4cc(F)c5nn(C)cc5c4)n[nH]c3c2)C[C@H](C)N1. The first-order chi connectivity index (χ1) is 15.8. The van der Waals surface area contributed by atoms with Gasteiger partial charge in [0.15, 0.2) is 11.6 Å². The van der Waals surface area contributed by atoms with Gasteiger partial charge in [-0.3, -0.25) is 9.78 Å². The number of hydrogen-bond donors (Lipinski definition) is 3. The van der Waals surface area contributed by atoms with E-state index in [1.807, 2.05) is 6.07 Å². The molecule has 11 heteroatoms. The highest BCUT2D eigenvalue weighted by Crippen LogP contribution is 2.38. The Balaban J connectivity index is 1.55. The first kappa shape index (κ1) is 21.4. The summed E-state index contributed by atoms with van der Waals surface area (Å²) in [5.74, 6) is -0.240. The molecule has 3 heterocycles. The molecule has 1 aliphatic heterocycles. The molecule has 33 heavy (non-hydrogen) atoms. The number of aryl methyl sites for hydroxylation is 1. The molecular weight excluding hydrogens is 435 g/mol. The predicted octanol–water partition coefficient (Wildman–Crippen LogP) is 4.12. The molecule has 2 aromatic heterocycles. The summed E-state index contributed by atoms with van der Waals surface area (Å²) < 4.78 is 47.5. The summed E-state index contributed by atoms with van der Waals surface area (Å²) in [6.07, 6.45) is 1.69. The fourth-order valence-corrected chi connectivity index (χ4v) is 4.53. The summed E-state index contributed by atoms with van der Waals surface area (Å²) >= 11 is 0. The predicted molar refractivity (Wildman–Crippen MR) is 121 cm³/mol. The van der Waals surface area contributed by atoms with Crippen LogP contribution in [0.15, 0.2) is 30.5 Å². The number of rotatable bonds is 5. The fraction of sp³-hybridized carbons (Fsp3) is 0.364. The van der Waals surface area contributed by atoms with Crippen molar-refractivity contribution in [2.45, 2.75) is 32.5 Å². The van der Waals surface area contributed by atoms with E-state index in [2.05, 4.69) is 44.7 Å². The molecule has 3 N–H and O–H groups in total. The molecule has 0 spiro atoms. The van der Waals surface area contributed by atoms with Crippen LogP contribution in [0, 0.1) is 5.82 Å². The third kappa shape index (κ3) is 4.15. The molecule has 0 radical (unpaired) electrons. The first-order valence-corrected chi connectivity index (χ1v) is 10.6. The van der Waals surface area contributed by atoms with Gasteiger partial charge >= 0.3 is 6.61 Å². The number of piperazine rings is 1. The number of aromatic amines is 1. The van der Waals surface area contributed by atoms with Crippen molar-refractivity contribution in [2.24, 2.45) is 7.05 Å². The highest BCUT2D eigenvalue weighted by molar-refractivity contribution is 5.99. The Bertz CT molecular complexity index is 1310. The summed E-state index contributed by atoms with van der Waals surface area (Å²) in [7, 11) is 1.71. The normalized spacial score (nSPS) is 19.1. The smallest absolute Gasteiger partial charge is 0.387 e. The van der Waals surface area contributed by atoms with E-state index in [0.717, 1.165) is 18.8 Å². The molecule has 8 nitrogen and oxygen atoms in total. The maximum absolute atomic E-state index is 14.5. The molecule has 0 saturated carbocycles. The summed E-state index contributed by atoms with van der Waals surface area (Å²) in [5, 5.41) is 18.7. The van der Waals surface area contributed by atoms with Gasteiger partial charge in [0.2, 0.25) is 0 Å². The van der Waals surface area contributed by atoms with Crippen LogP contribution in [0.1, 0.15) is 13.8 Å². The number of aromatic nitrogens is 4. The maximum atomic E-state index is 14.5. The Kier molecular flexibility index (Phi) is 5.28. The van der Waals surface area contributed by atoms with Crippen LogP contribution in [-0.2, 0) is 7.05 Å². The number of hydrogen-bond acceptors (Lipinski definition) is 6. The second-order valence-corrected chi connectivity index (χ2v) is 8.51. The fourth-order valence-electron chi connectivity index (χ4n) is 4.53. The highest BCUT2D eigenvalue weighted by atomic mass is 19.3. The van der Waals surface area contributed by atoms with Crippen LogP contribution in [0.3, 0.4) is 0 Å². The summed E-state index contributed by atoms with van der Waals surface area (Å²) in [6, 6.07) is 6.98. The van der Waals surface area contributed by atoms with Crippen LogP contribution in [-0.4, -0.2) is 51.8 Å². The largest absolute Gasteiger partial charge is 0.434 e. The monoisotopic (exact) mass is 459 g/mol. The standard InChI is InChI=1S/C22H24F3N7O/c1-11-8-32(9-12(2)26-11)15-6-17-19(18(7-15)33-22(24)25)21(29-28-17)27-14-4-13-10-31(3)30-20(13)16(23)5-14/h4-7,10-12,22,26H,8-9H2,1-3H3,(H2,27,28,29)/t11-,12+. The van der Waals surface area contributed by atoms with Gasteiger partial charge in [0.25, 0.3) is 0 Å². The van der Waals surface area contributed by atoms with E-state index in [9.17, 15) is 13.2 Å². The second kappa shape index (κ2) is 8.14. The van der Waals surface area contributed by atoms with Gasteiger partial charge in [0, 0.05) is 61.2 Å². The molecule has 1 fully saturated rings. The number of H-pyrrole nitrogens is 1. The lowest BCUT2D eigenvalue weighted by atomic mass is 10.1. The Hall–Kier alpha value is -3.47. The maximum Gasteiger partial charge on any atom is 0.387 e. The van der Waals surface area contributed by atoms with Crippen molar-refractivity contribution in [3.05, 3.63) is 36.3 Å². The Morgan fingerprint density at radius 1 is 1.15 bits per heavy atom. The van der Waals surface area contributed by atoms with E-state index in [4.69, 9.17) is 4.74 Å². The third-order valence-electron chi connectivity index (χ3n) is 5.69. The van der Waals surface area contributed by atoms with E-state index < -0.39 is 12.4 Å². The van der Waals surface area contributed by atoms with Crippen LogP contribution in [0.2, 0.25) is 0 Å². The Labute approximate surface area is 187 Å². The Morgan fingerprint density at radius 2 is 1.91 bits per heavy atom. The van der Waals surface area contributed by atoms with Crippen LogP contribution < -0.4 is 20.3 Å². The van der Waals surface area contributed by atoms with Crippen LogP contribution in [0.5, 0.6) is 5.75 Å². The van der Waals surface area contributed by atoms with Gasteiger partial charge in [-0.25, -0.2) is 4.39 Å². The van der Waals surface area contributed by atoms with E-state index in [1.165, 1.54) is 10.7 Å². The highest BCUT2D eigenvalue weighted by Gasteiger charge is 2.24. The minimum absolute atomic E-state index is 0.00415. The molecule has 1 aliphatic rings. The van der Waals surface area contributed by atoms with Crippen molar-refractivity contribution >= 4 is 39.0 Å². The quantitative estimate of drug-likeness (QED) is 0.417. The number of alkyl halides is 2. The first-order valence-electron chi connectivity index (χ1n) is 10.6. The molecule has 0 unspecified atom stereocenters.